The van der Waals surface area contributed by atoms with Crippen LogP contribution in [-0.2, 0) is 25.8 Å². The first-order valence-corrected chi connectivity index (χ1v) is 18.9. The zero-order valence-corrected chi connectivity index (χ0v) is 28.4. The number of benzene rings is 1. The van der Waals surface area contributed by atoms with E-state index in [9.17, 15) is 0 Å². The van der Waals surface area contributed by atoms with Crippen LogP contribution >= 0.6 is 0 Å². The molecule has 2 rings (SSSR count). The molecule has 2 heteroatoms. The molecule has 42 heavy (non-hydrogen) atoms. The predicted octanol–water partition coefficient (Wildman–Crippen LogP) is 13.0. The van der Waals surface area contributed by atoms with Gasteiger partial charge in [0.05, 0.1) is 5.69 Å². The number of nitrogens with zero attached hydrogens (tertiary/aromatic N) is 2. The van der Waals surface area contributed by atoms with Gasteiger partial charge in [0.2, 0.25) is 0 Å². The van der Waals surface area contributed by atoms with Gasteiger partial charge >= 0.3 is 0 Å². The van der Waals surface area contributed by atoms with Crippen LogP contribution in [0.4, 0.5) is 0 Å². The molecule has 1 aromatic carbocycles. The summed E-state index contributed by atoms with van der Waals surface area (Å²) in [6, 6.07) is 10.9. The summed E-state index contributed by atoms with van der Waals surface area (Å²) in [6.45, 7) is 5.77. The van der Waals surface area contributed by atoms with Crippen molar-refractivity contribution in [1.29, 1.82) is 0 Å². The van der Waals surface area contributed by atoms with Gasteiger partial charge in [0.1, 0.15) is 5.82 Å². The summed E-state index contributed by atoms with van der Waals surface area (Å²) in [5, 5.41) is 0. The van der Waals surface area contributed by atoms with Crippen LogP contribution in [0.15, 0.2) is 36.5 Å². The quantitative estimate of drug-likeness (QED) is 0.0843. The minimum absolute atomic E-state index is 1.10. The molecule has 1 heterocycles. The topological polar surface area (TPSA) is 17.8 Å². The van der Waals surface area contributed by atoms with E-state index in [4.69, 9.17) is 4.98 Å². The summed E-state index contributed by atoms with van der Waals surface area (Å²) in [6.07, 6.45) is 41.0. The number of rotatable bonds is 30. The molecule has 0 amide bonds. The van der Waals surface area contributed by atoms with E-state index in [1.165, 1.54) is 178 Å². The highest BCUT2D eigenvalue weighted by Crippen LogP contribution is 2.17. The minimum Gasteiger partial charge on any atom is -0.335 e. The molecule has 0 fully saturated rings. The Morgan fingerprint density at radius 1 is 0.452 bits per heavy atom. The second kappa shape index (κ2) is 27.0. The Morgan fingerprint density at radius 2 is 0.905 bits per heavy atom. The van der Waals surface area contributed by atoms with Gasteiger partial charge in [-0.05, 0) is 37.7 Å². The Kier molecular flexibility index (Phi) is 23.6. The molecule has 1 aromatic heterocycles. The predicted molar refractivity (Wildman–Crippen MR) is 187 cm³/mol. The Bertz CT molecular complexity index is 823. The lowest BCUT2D eigenvalue weighted by molar-refractivity contribution is 0.518. The molecule has 0 aliphatic heterocycles. The molecule has 0 radical (unpaired) electrons. The Hall–Kier alpha value is -1.57. The lowest BCUT2D eigenvalue weighted by Gasteiger charge is -2.08. The van der Waals surface area contributed by atoms with Crippen molar-refractivity contribution in [2.75, 3.05) is 0 Å². The lowest BCUT2D eigenvalue weighted by Crippen LogP contribution is -2.03. The van der Waals surface area contributed by atoms with Gasteiger partial charge in [0, 0.05) is 19.2 Å². The summed E-state index contributed by atoms with van der Waals surface area (Å²) in [5.74, 6) is 1.36. The van der Waals surface area contributed by atoms with E-state index in [1.807, 2.05) is 0 Å². The molecule has 0 aliphatic carbocycles. The molecule has 0 unspecified atom stereocenters. The van der Waals surface area contributed by atoms with Crippen LogP contribution in [0.1, 0.15) is 191 Å². The fourth-order valence-corrected chi connectivity index (χ4v) is 6.39. The van der Waals surface area contributed by atoms with Gasteiger partial charge < -0.3 is 4.57 Å². The molecule has 2 nitrogen and oxygen atoms in total. The van der Waals surface area contributed by atoms with Crippen LogP contribution in [0, 0.1) is 0 Å². The van der Waals surface area contributed by atoms with E-state index < -0.39 is 0 Å². The van der Waals surface area contributed by atoms with Gasteiger partial charge in [0.15, 0.2) is 0 Å². The molecule has 0 N–H and O–H groups in total. The maximum Gasteiger partial charge on any atom is 0.108 e. The first-order chi connectivity index (χ1) is 20.8. The number of hydrogen-bond acceptors (Lipinski definition) is 1. The highest BCUT2D eigenvalue weighted by atomic mass is 15.1. The summed E-state index contributed by atoms with van der Waals surface area (Å²) < 4.78 is 2.53. The molecule has 0 saturated carbocycles. The van der Waals surface area contributed by atoms with E-state index in [0.29, 0.717) is 0 Å². The maximum atomic E-state index is 5.17. The van der Waals surface area contributed by atoms with Gasteiger partial charge in [-0.25, -0.2) is 4.98 Å². The number of aryl methyl sites for hydroxylation is 4. The van der Waals surface area contributed by atoms with Crippen LogP contribution in [0.25, 0.3) is 0 Å². The smallest absolute Gasteiger partial charge is 0.108 e. The molecule has 0 aliphatic rings. The molecule has 2 aromatic rings. The maximum absolute atomic E-state index is 5.17. The third-order valence-corrected chi connectivity index (χ3v) is 9.16. The van der Waals surface area contributed by atoms with Crippen molar-refractivity contribution >= 4 is 0 Å². The van der Waals surface area contributed by atoms with Crippen molar-refractivity contribution in [3.63, 3.8) is 0 Å². The van der Waals surface area contributed by atoms with Crippen molar-refractivity contribution in [1.82, 2.24) is 9.55 Å². The second-order valence-corrected chi connectivity index (χ2v) is 13.2. The summed E-state index contributed by atoms with van der Waals surface area (Å²) in [4.78, 5) is 5.17. The summed E-state index contributed by atoms with van der Waals surface area (Å²) in [5.41, 5.74) is 2.77. The molecular formula is C40H70N2. The SMILES string of the molecule is CCCCCCCCCCCCCCCc1nc(CCCc2ccccc2)cn1CCCCCCCCCCCCC. The molecule has 0 atom stereocenters. The van der Waals surface area contributed by atoms with Gasteiger partial charge in [-0.1, -0.05) is 185 Å². The molecular weight excluding hydrogens is 508 g/mol. The van der Waals surface area contributed by atoms with E-state index in [2.05, 4.69) is 54.9 Å². The average molecular weight is 579 g/mol. The van der Waals surface area contributed by atoms with Crippen molar-refractivity contribution in [3.8, 4) is 0 Å². The van der Waals surface area contributed by atoms with Crippen LogP contribution < -0.4 is 0 Å². The van der Waals surface area contributed by atoms with Crippen LogP contribution in [0.5, 0.6) is 0 Å². The van der Waals surface area contributed by atoms with Crippen LogP contribution in [0.2, 0.25) is 0 Å². The third-order valence-electron chi connectivity index (χ3n) is 9.16. The fourth-order valence-electron chi connectivity index (χ4n) is 6.39. The number of imidazole rings is 1. The van der Waals surface area contributed by atoms with Crippen molar-refractivity contribution in [3.05, 3.63) is 53.6 Å². The van der Waals surface area contributed by atoms with E-state index in [0.717, 1.165) is 25.8 Å². The highest BCUT2D eigenvalue weighted by Gasteiger charge is 2.09. The molecule has 240 valence electrons. The minimum atomic E-state index is 1.10. The molecule has 0 spiro atoms. The Balaban J connectivity index is 1.63. The zero-order valence-electron chi connectivity index (χ0n) is 28.4. The zero-order chi connectivity index (χ0) is 29.8. The van der Waals surface area contributed by atoms with E-state index >= 15 is 0 Å². The molecule has 0 bridgehead atoms. The van der Waals surface area contributed by atoms with E-state index in [-0.39, 0.29) is 0 Å². The summed E-state index contributed by atoms with van der Waals surface area (Å²) >= 11 is 0. The Labute approximate surface area is 262 Å². The normalized spacial score (nSPS) is 11.5. The fraction of sp³-hybridized carbons (Fsp3) is 0.775. The largest absolute Gasteiger partial charge is 0.335 e. The summed E-state index contributed by atoms with van der Waals surface area (Å²) in [7, 11) is 0. The van der Waals surface area contributed by atoms with Crippen molar-refractivity contribution < 1.29 is 0 Å². The Morgan fingerprint density at radius 3 is 1.40 bits per heavy atom. The monoisotopic (exact) mass is 579 g/mol. The van der Waals surface area contributed by atoms with Gasteiger partial charge in [-0.15, -0.1) is 0 Å². The van der Waals surface area contributed by atoms with E-state index in [1.54, 1.807) is 0 Å². The second-order valence-electron chi connectivity index (χ2n) is 13.2. The lowest BCUT2D eigenvalue weighted by atomic mass is 10.0. The number of hydrogen-bond donors (Lipinski definition) is 0. The standard InChI is InChI=1S/C40H70N2/c1-3-5-7-9-11-13-15-16-17-19-21-23-28-35-40-41-39(34-30-33-38-31-26-25-27-32-38)37-42(40)36-29-24-22-20-18-14-12-10-8-6-4-2/h25-27,31-32,37H,3-24,28-30,33-36H2,1-2H3. The number of aromatic nitrogens is 2. The first kappa shape index (κ1) is 36.6. The van der Waals surface area contributed by atoms with Gasteiger partial charge in [-0.3, -0.25) is 0 Å². The average Bonchev–Trinajstić information content (AvgIpc) is 3.40. The first-order valence-electron chi connectivity index (χ1n) is 18.9. The van der Waals surface area contributed by atoms with Crippen LogP contribution in [0.3, 0.4) is 0 Å². The highest BCUT2D eigenvalue weighted by molar-refractivity contribution is 5.15. The number of unbranched alkanes of at least 4 members (excludes halogenated alkanes) is 22. The van der Waals surface area contributed by atoms with Gasteiger partial charge in [0.25, 0.3) is 0 Å². The van der Waals surface area contributed by atoms with Gasteiger partial charge in [-0.2, -0.15) is 0 Å². The van der Waals surface area contributed by atoms with Crippen LogP contribution in [-0.4, -0.2) is 9.55 Å². The third kappa shape index (κ3) is 19.6. The molecule has 0 saturated heterocycles. The van der Waals surface area contributed by atoms with Crippen molar-refractivity contribution in [2.24, 2.45) is 0 Å². The van der Waals surface area contributed by atoms with Crippen molar-refractivity contribution in [2.45, 2.75) is 200 Å².